The fourth-order valence-electron chi connectivity index (χ4n) is 9.61. The molecule has 0 spiro atoms. The van der Waals surface area contributed by atoms with Crippen molar-refractivity contribution in [2.75, 3.05) is 0 Å². The van der Waals surface area contributed by atoms with Crippen LogP contribution in [0.2, 0.25) is 0 Å². The van der Waals surface area contributed by atoms with Crippen LogP contribution in [0, 0.1) is 0 Å². The minimum atomic E-state index is -6.13. The molecule has 0 fully saturated rings. The summed E-state index contributed by atoms with van der Waals surface area (Å²) in [6.07, 6.45) is -49.1. The number of halogens is 24. The molecular weight excluding hydrogens is 1200 g/mol. The van der Waals surface area contributed by atoms with Gasteiger partial charge in [-0.2, -0.15) is 132 Å². The van der Waals surface area contributed by atoms with Crippen LogP contribution in [0.4, 0.5) is 105 Å². The topological polar surface area (TPSA) is 26.0 Å². The van der Waals surface area contributed by atoms with Crippen molar-refractivity contribution in [3.63, 3.8) is 0 Å². The Bertz CT molecular complexity index is 3420. The molecule has 3 nitrogen and oxygen atoms in total. The minimum Gasteiger partial charge on any atom is -0.433 e. The molecule has 85 heavy (non-hydrogen) atoms. The summed E-state index contributed by atoms with van der Waals surface area (Å²) in [6, 6.07) is 20.4. The molecule has 0 atom stereocenters. The average Bonchev–Trinajstić information content (AvgIpc) is 0.770. The van der Waals surface area contributed by atoms with Crippen LogP contribution >= 0.6 is 0 Å². The zero-order chi connectivity index (χ0) is 62.7. The Morgan fingerprint density at radius 3 is 0.918 bits per heavy atom. The van der Waals surface area contributed by atoms with Gasteiger partial charge in [0.1, 0.15) is 11.9 Å². The molecule has 0 amide bonds. The van der Waals surface area contributed by atoms with E-state index in [1.54, 1.807) is 6.20 Å². The van der Waals surface area contributed by atoms with E-state index < -0.39 is 195 Å². The molecule has 9 aromatic rings. The lowest BCUT2D eigenvalue weighted by atomic mass is 9.12. The molecule has 0 bridgehead atoms. The van der Waals surface area contributed by atoms with Crippen LogP contribution in [0.5, 0.6) is 11.6 Å². The largest absolute Gasteiger partial charge is 0.433 e. The number of hydrogen-bond acceptors (Lipinski definition) is 2. The number of ether oxygens (including phenoxy) is 1. The normalized spacial score (nSPS) is 13.2. The highest BCUT2D eigenvalue weighted by Crippen LogP contribution is 2.42. The van der Waals surface area contributed by atoms with Gasteiger partial charge in [-0.15, -0.1) is 0 Å². The van der Waals surface area contributed by atoms with Gasteiger partial charge in [-0.25, -0.2) is 4.98 Å². The highest BCUT2D eigenvalue weighted by atomic mass is 19.4. The van der Waals surface area contributed by atoms with Crippen LogP contribution in [-0.4, -0.2) is 11.1 Å². The number of hydrogen-bond donors (Lipinski definition) is 0. The van der Waals surface area contributed by atoms with E-state index >= 15 is 0 Å². The van der Waals surface area contributed by atoms with Crippen LogP contribution in [0.1, 0.15) is 50.1 Å². The number of nitrogens with zero attached hydrogens (tertiary/aromatic N) is 2. The lowest BCUT2D eigenvalue weighted by Crippen LogP contribution is -2.75. The summed E-state index contributed by atoms with van der Waals surface area (Å²) >= 11 is 0. The van der Waals surface area contributed by atoms with Crippen molar-refractivity contribution >= 4 is 49.5 Å². The molecular formula is C57H31BF24N2O. The van der Waals surface area contributed by atoms with Gasteiger partial charge < -0.3 is 4.74 Å². The van der Waals surface area contributed by atoms with Crippen molar-refractivity contribution in [3.8, 4) is 11.6 Å². The molecule has 0 radical (unpaired) electrons. The lowest BCUT2D eigenvalue weighted by molar-refractivity contribution is -0.689. The van der Waals surface area contributed by atoms with Gasteiger partial charge in [-0.1, -0.05) is 127 Å². The number of fused-ring (bicyclic) bond motifs is 2. The molecule has 0 N–H and O–H groups in total. The fourth-order valence-corrected chi connectivity index (χ4v) is 9.61. The van der Waals surface area contributed by atoms with Gasteiger partial charge in [0.15, 0.2) is 12.7 Å². The van der Waals surface area contributed by atoms with E-state index in [1.165, 1.54) is 5.56 Å². The zero-order valence-electron chi connectivity index (χ0n) is 41.9. The second-order valence-electron chi connectivity index (χ2n) is 19.0. The first kappa shape index (κ1) is 62.6. The Morgan fingerprint density at radius 2 is 0.624 bits per heavy atom. The molecule has 0 unspecified atom stereocenters. The van der Waals surface area contributed by atoms with E-state index in [-0.39, 0.29) is 0 Å². The van der Waals surface area contributed by atoms with E-state index in [2.05, 4.69) is 76.3 Å². The number of rotatable bonds is 8. The molecule has 0 aliphatic rings. The van der Waals surface area contributed by atoms with Crippen molar-refractivity contribution in [1.29, 1.82) is 0 Å². The Morgan fingerprint density at radius 1 is 0.341 bits per heavy atom. The lowest BCUT2D eigenvalue weighted by Gasteiger charge is -2.46. The van der Waals surface area contributed by atoms with E-state index in [4.69, 9.17) is 4.74 Å². The molecule has 0 aliphatic carbocycles. The Balaban J connectivity index is 0.000000276. The van der Waals surface area contributed by atoms with Crippen LogP contribution in [0.3, 0.4) is 0 Å². The third kappa shape index (κ3) is 13.9. The van der Waals surface area contributed by atoms with E-state index in [9.17, 15) is 105 Å². The second-order valence-corrected chi connectivity index (χ2v) is 19.0. The molecule has 1 heterocycles. The second kappa shape index (κ2) is 22.2. The minimum absolute atomic E-state index is 0.583. The predicted octanol–water partition coefficient (Wildman–Crippen LogP) is 16.7. The van der Waals surface area contributed by atoms with Crippen LogP contribution in [-0.2, 0) is 56.0 Å². The van der Waals surface area contributed by atoms with Gasteiger partial charge in [-0.05, 0) is 41.1 Å². The molecule has 9 rings (SSSR count). The summed E-state index contributed by atoms with van der Waals surface area (Å²) in [6.45, 7) is 0.774. The first-order valence-electron chi connectivity index (χ1n) is 24.0. The molecule has 28 heteroatoms. The van der Waals surface area contributed by atoms with Gasteiger partial charge in [-0.3, -0.25) is 0 Å². The Kier molecular flexibility index (Phi) is 16.3. The first-order chi connectivity index (χ1) is 39.1. The maximum Gasteiger partial charge on any atom is 0.416 e. The van der Waals surface area contributed by atoms with Crippen molar-refractivity contribution in [1.82, 2.24) is 4.98 Å². The van der Waals surface area contributed by atoms with Gasteiger partial charge in [0.2, 0.25) is 6.20 Å². The summed E-state index contributed by atoms with van der Waals surface area (Å²) in [5.74, 6) is 1.43. The van der Waals surface area contributed by atoms with E-state index in [0.717, 1.165) is 33.8 Å². The maximum atomic E-state index is 14.2. The summed E-state index contributed by atoms with van der Waals surface area (Å²) in [4.78, 5) is 4.45. The fraction of sp³-hybridized carbons (Fsp3) is 0.158. The third-order valence-electron chi connectivity index (χ3n) is 13.3. The summed E-state index contributed by atoms with van der Waals surface area (Å²) in [7, 11) is 0. The molecule has 0 saturated carbocycles. The highest BCUT2D eigenvalue weighted by Gasteiger charge is 2.47. The van der Waals surface area contributed by atoms with Crippen LogP contribution in [0.15, 0.2) is 176 Å². The highest BCUT2D eigenvalue weighted by molar-refractivity contribution is 7.20. The smallest absolute Gasteiger partial charge is 0.416 e. The molecule has 8 aromatic carbocycles. The van der Waals surface area contributed by atoms with Crippen LogP contribution in [0.25, 0.3) is 21.5 Å². The SMILES string of the molecule is FC(F)(F)c1cc([B-](c2cc(C(F)(F)F)cc(C(F)(F)F)c2)(c2cc(C(F)(F)F)cc(C(F)(F)F)c2)c2cc(C(F)(F)F)cc(C(F)(F)F)c2)cc(C(F)(F)F)c1.c1ccc(C[n+]2ccnc(Oc3c4ccccc4cc4ccccc34)c2)cc1. The van der Waals surface area contributed by atoms with Crippen molar-refractivity contribution in [2.24, 2.45) is 0 Å². The van der Waals surface area contributed by atoms with Crippen molar-refractivity contribution < 1.29 is 115 Å². The molecule has 0 saturated heterocycles. The van der Waals surface area contributed by atoms with Gasteiger partial charge in [0.25, 0.3) is 5.88 Å². The first-order valence-corrected chi connectivity index (χ1v) is 24.0. The number of aromatic nitrogens is 2. The quantitative estimate of drug-likeness (QED) is 0.0656. The monoisotopic (exact) mass is 1230 g/mol. The van der Waals surface area contributed by atoms with Crippen molar-refractivity contribution in [3.05, 3.63) is 226 Å². The zero-order valence-corrected chi connectivity index (χ0v) is 41.9. The number of benzene rings is 8. The predicted molar refractivity (Wildman–Crippen MR) is 262 cm³/mol. The molecule has 0 aliphatic heterocycles. The van der Waals surface area contributed by atoms with Crippen molar-refractivity contribution in [2.45, 2.75) is 56.0 Å². The summed E-state index contributed by atoms with van der Waals surface area (Å²) < 4.78 is 349. The maximum absolute atomic E-state index is 14.2. The van der Waals surface area contributed by atoms with Gasteiger partial charge in [0, 0.05) is 16.3 Å². The standard InChI is InChI=1S/C32H12BF24.C25H19N2O/c34-25(35,36)13-1-14(26(37,38)39)6-21(5-13)33(22-7-15(27(40,41)42)2-16(8-22)28(43,44)45,23-9-17(29(46,47)48)3-18(10-23)30(49,50)51)24-11-19(31(52,53)54)4-20(12-24)32(55,56)57;1-2-8-19(9-3-1)17-27-15-14-26-24(18-27)28-25-22-12-6-4-10-20(22)16-21-11-5-7-13-23(21)25/h1-12H;1-16,18H,17H2/q-1;+1. The van der Waals surface area contributed by atoms with Gasteiger partial charge >= 0.3 is 49.4 Å². The molecule has 1 aromatic heterocycles. The van der Waals surface area contributed by atoms with E-state index in [0.29, 0.717) is 5.88 Å². The Hall–Kier alpha value is -8.46. The molecule has 446 valence electrons. The summed E-state index contributed by atoms with van der Waals surface area (Å²) in [5.41, 5.74) is -29.0. The Labute approximate surface area is 462 Å². The number of alkyl halides is 24. The van der Waals surface area contributed by atoms with Crippen LogP contribution < -0.4 is 31.2 Å². The third-order valence-corrected chi connectivity index (χ3v) is 13.3. The van der Waals surface area contributed by atoms with E-state index in [1.807, 2.05) is 30.6 Å². The van der Waals surface area contributed by atoms with Gasteiger partial charge in [0.05, 0.1) is 50.7 Å². The average molecular weight is 1230 g/mol. The summed E-state index contributed by atoms with van der Waals surface area (Å²) in [5, 5.41) is 4.48.